The second-order valence-electron chi connectivity index (χ2n) is 4.25. The number of ether oxygens (including phenoxy) is 1. The van der Waals surface area contributed by atoms with Gasteiger partial charge < -0.3 is 10.1 Å². The van der Waals surface area contributed by atoms with Crippen molar-refractivity contribution in [2.24, 2.45) is 0 Å². The van der Waals surface area contributed by atoms with Crippen molar-refractivity contribution in [2.75, 3.05) is 19.5 Å². The van der Waals surface area contributed by atoms with Gasteiger partial charge in [-0.2, -0.15) is 0 Å². The molecule has 0 spiro atoms. The Morgan fingerprint density at radius 2 is 2.19 bits per heavy atom. The number of aromatic nitrogens is 4. The molecular weight excluding hydrogens is 290 g/mol. The predicted octanol–water partition coefficient (Wildman–Crippen LogP) is 1.35. The van der Waals surface area contributed by atoms with E-state index in [9.17, 15) is 4.79 Å². The van der Waals surface area contributed by atoms with Crippen molar-refractivity contribution in [3.63, 3.8) is 0 Å². The highest BCUT2D eigenvalue weighted by Crippen LogP contribution is 2.24. The average molecular weight is 303 g/mol. The van der Waals surface area contributed by atoms with Gasteiger partial charge >= 0.3 is 0 Å². The molecule has 0 aliphatic rings. The van der Waals surface area contributed by atoms with Gasteiger partial charge in [0.2, 0.25) is 5.88 Å². The number of methoxy groups -OCH3 is 1. The summed E-state index contributed by atoms with van der Waals surface area (Å²) in [4.78, 5) is 21.6. The number of hydrogen-bond acceptors (Lipinski definition) is 7. The number of nitrogens with zero attached hydrogens (tertiary/aromatic N) is 4. The van der Waals surface area contributed by atoms with Crippen LogP contribution in [-0.2, 0) is 6.54 Å². The van der Waals surface area contributed by atoms with E-state index < -0.39 is 0 Å². The lowest BCUT2D eigenvalue weighted by Crippen LogP contribution is -2.23. The molecule has 3 rings (SSSR count). The fourth-order valence-electron chi connectivity index (χ4n) is 1.95. The number of nitrogens with one attached hydrogen (secondary N) is 1. The van der Waals surface area contributed by atoms with E-state index in [0.29, 0.717) is 11.7 Å². The first kappa shape index (κ1) is 13.5. The minimum atomic E-state index is -0.225. The van der Waals surface area contributed by atoms with Crippen LogP contribution in [0.2, 0.25) is 0 Å². The SMILES string of the molecule is CNc1nc(Cn2nc(OC)ccc2=O)nc2sccc12. The van der Waals surface area contributed by atoms with Gasteiger partial charge in [-0.3, -0.25) is 4.79 Å². The summed E-state index contributed by atoms with van der Waals surface area (Å²) in [5.74, 6) is 1.64. The van der Waals surface area contributed by atoms with Crippen molar-refractivity contribution < 1.29 is 4.74 Å². The molecule has 1 N–H and O–H groups in total. The van der Waals surface area contributed by atoms with Gasteiger partial charge in [-0.15, -0.1) is 16.4 Å². The Kier molecular flexibility index (Phi) is 3.53. The van der Waals surface area contributed by atoms with Crippen molar-refractivity contribution >= 4 is 27.4 Å². The number of thiophene rings is 1. The Labute approximate surface area is 124 Å². The molecule has 0 radical (unpaired) electrons. The van der Waals surface area contributed by atoms with E-state index in [1.165, 1.54) is 35.3 Å². The molecule has 0 saturated heterocycles. The molecule has 0 saturated carbocycles. The fourth-order valence-corrected chi connectivity index (χ4v) is 2.73. The molecule has 3 aromatic rings. The predicted molar refractivity (Wildman–Crippen MR) is 81.1 cm³/mol. The minimum absolute atomic E-state index is 0.193. The number of rotatable bonds is 4. The average Bonchev–Trinajstić information content (AvgIpc) is 2.97. The summed E-state index contributed by atoms with van der Waals surface area (Å²) in [6, 6.07) is 4.90. The molecule has 0 fully saturated rings. The molecule has 7 nitrogen and oxygen atoms in total. The minimum Gasteiger partial charge on any atom is -0.480 e. The second-order valence-corrected chi connectivity index (χ2v) is 5.14. The summed E-state index contributed by atoms with van der Waals surface area (Å²) in [7, 11) is 3.31. The van der Waals surface area contributed by atoms with E-state index in [1.807, 2.05) is 11.4 Å². The Morgan fingerprint density at radius 1 is 1.33 bits per heavy atom. The summed E-state index contributed by atoms with van der Waals surface area (Å²) >= 11 is 1.53. The fraction of sp³-hybridized carbons (Fsp3) is 0.231. The van der Waals surface area contributed by atoms with Gasteiger partial charge in [-0.1, -0.05) is 0 Å². The van der Waals surface area contributed by atoms with Crippen molar-refractivity contribution in [1.29, 1.82) is 0 Å². The lowest BCUT2D eigenvalue weighted by atomic mass is 10.3. The molecule has 0 aliphatic carbocycles. The maximum absolute atomic E-state index is 11.8. The van der Waals surface area contributed by atoms with Crippen LogP contribution < -0.4 is 15.6 Å². The van der Waals surface area contributed by atoms with Gasteiger partial charge in [0.25, 0.3) is 5.56 Å². The first-order chi connectivity index (χ1) is 10.2. The third-order valence-electron chi connectivity index (χ3n) is 2.95. The summed E-state index contributed by atoms with van der Waals surface area (Å²) in [6.45, 7) is 0.193. The molecule has 3 aromatic heterocycles. The third-order valence-corrected chi connectivity index (χ3v) is 3.76. The maximum atomic E-state index is 11.8. The molecule has 21 heavy (non-hydrogen) atoms. The lowest BCUT2D eigenvalue weighted by molar-refractivity contribution is 0.378. The summed E-state index contributed by atoms with van der Waals surface area (Å²) in [5.41, 5.74) is -0.225. The van der Waals surface area contributed by atoms with E-state index in [1.54, 1.807) is 7.05 Å². The van der Waals surface area contributed by atoms with Crippen LogP contribution in [0.3, 0.4) is 0 Å². The van der Waals surface area contributed by atoms with Crippen LogP contribution in [0.15, 0.2) is 28.4 Å². The Hall–Kier alpha value is -2.48. The standard InChI is InChI=1S/C13H13N5O2S/c1-14-12-8-5-6-21-13(8)16-9(15-12)7-18-11(19)4-3-10(17-18)20-2/h3-6H,7H2,1-2H3,(H,14,15,16). The van der Waals surface area contributed by atoms with E-state index >= 15 is 0 Å². The Balaban J connectivity index is 2.03. The summed E-state index contributed by atoms with van der Waals surface area (Å²) in [5, 5.41) is 10.1. The molecule has 0 aliphatic heterocycles. The van der Waals surface area contributed by atoms with Crippen LogP contribution in [0.25, 0.3) is 10.2 Å². The highest BCUT2D eigenvalue weighted by Gasteiger charge is 2.10. The van der Waals surface area contributed by atoms with E-state index in [0.717, 1.165) is 16.0 Å². The summed E-state index contributed by atoms with van der Waals surface area (Å²) < 4.78 is 6.31. The van der Waals surface area contributed by atoms with Crippen molar-refractivity contribution in [1.82, 2.24) is 19.7 Å². The van der Waals surface area contributed by atoms with Crippen molar-refractivity contribution in [2.45, 2.75) is 6.54 Å². The van der Waals surface area contributed by atoms with Gasteiger partial charge in [0.1, 0.15) is 17.2 Å². The highest BCUT2D eigenvalue weighted by atomic mass is 32.1. The first-order valence-electron chi connectivity index (χ1n) is 6.25. The van der Waals surface area contributed by atoms with Crippen LogP contribution in [-0.4, -0.2) is 33.9 Å². The number of anilines is 1. The quantitative estimate of drug-likeness (QED) is 0.783. The largest absolute Gasteiger partial charge is 0.480 e. The first-order valence-corrected chi connectivity index (χ1v) is 7.13. The smallest absolute Gasteiger partial charge is 0.267 e. The molecule has 8 heteroatoms. The number of hydrogen-bond donors (Lipinski definition) is 1. The molecule has 0 amide bonds. The van der Waals surface area contributed by atoms with E-state index in [2.05, 4.69) is 20.4 Å². The molecule has 3 heterocycles. The Morgan fingerprint density at radius 3 is 2.95 bits per heavy atom. The molecule has 0 atom stereocenters. The highest BCUT2D eigenvalue weighted by molar-refractivity contribution is 7.16. The van der Waals surface area contributed by atoms with Gasteiger partial charge in [0, 0.05) is 19.2 Å². The van der Waals surface area contributed by atoms with Gasteiger partial charge in [0.15, 0.2) is 5.82 Å². The van der Waals surface area contributed by atoms with Gasteiger partial charge in [-0.05, 0) is 11.4 Å². The molecule has 0 bridgehead atoms. The zero-order valence-corrected chi connectivity index (χ0v) is 12.3. The van der Waals surface area contributed by atoms with E-state index in [-0.39, 0.29) is 12.1 Å². The molecule has 0 unspecified atom stereocenters. The third kappa shape index (κ3) is 2.57. The molecular formula is C13H13N5O2S. The maximum Gasteiger partial charge on any atom is 0.267 e. The zero-order valence-electron chi connectivity index (χ0n) is 11.5. The van der Waals surface area contributed by atoms with Crippen LogP contribution >= 0.6 is 11.3 Å². The van der Waals surface area contributed by atoms with Crippen molar-refractivity contribution in [3.8, 4) is 5.88 Å². The monoisotopic (exact) mass is 303 g/mol. The Bertz CT molecular complexity index is 842. The van der Waals surface area contributed by atoms with Crippen molar-refractivity contribution in [3.05, 3.63) is 39.8 Å². The molecule has 108 valence electrons. The van der Waals surface area contributed by atoms with Crippen LogP contribution in [0.1, 0.15) is 5.82 Å². The van der Waals surface area contributed by atoms with E-state index in [4.69, 9.17) is 4.74 Å². The second kappa shape index (κ2) is 5.49. The zero-order chi connectivity index (χ0) is 14.8. The van der Waals surface area contributed by atoms with Gasteiger partial charge in [-0.25, -0.2) is 14.6 Å². The number of fused-ring (bicyclic) bond motifs is 1. The van der Waals surface area contributed by atoms with Crippen LogP contribution in [0.4, 0.5) is 5.82 Å². The normalized spacial score (nSPS) is 10.8. The molecule has 0 aromatic carbocycles. The summed E-state index contributed by atoms with van der Waals surface area (Å²) in [6.07, 6.45) is 0. The van der Waals surface area contributed by atoms with Gasteiger partial charge in [0.05, 0.1) is 12.5 Å². The van der Waals surface area contributed by atoms with Crippen LogP contribution in [0, 0.1) is 0 Å². The lowest BCUT2D eigenvalue weighted by Gasteiger charge is -2.07. The topological polar surface area (TPSA) is 81.9 Å². The van der Waals surface area contributed by atoms with Crippen LogP contribution in [0.5, 0.6) is 5.88 Å².